The molecule has 1 atom stereocenters. The fraction of sp³-hybridized carbons (Fsp3) is 0.214. The van der Waals surface area contributed by atoms with Crippen LogP contribution in [-0.2, 0) is 0 Å². The van der Waals surface area contributed by atoms with Gasteiger partial charge in [-0.2, -0.15) is 0 Å². The van der Waals surface area contributed by atoms with E-state index in [2.05, 4.69) is 17.2 Å². The average Bonchev–Trinajstić information content (AvgIpc) is 2.86. The highest BCUT2D eigenvalue weighted by Gasteiger charge is 2.12. The minimum absolute atomic E-state index is 0.190. The van der Waals surface area contributed by atoms with Crippen molar-refractivity contribution in [1.82, 2.24) is 10.6 Å². The summed E-state index contributed by atoms with van der Waals surface area (Å²) in [5.74, 6) is 0. The van der Waals surface area contributed by atoms with E-state index in [9.17, 15) is 9.90 Å². The molecule has 4 nitrogen and oxygen atoms in total. The fourth-order valence-corrected chi connectivity index (χ4v) is 2.73. The van der Waals surface area contributed by atoms with Crippen LogP contribution in [0.25, 0.3) is 10.1 Å². The van der Waals surface area contributed by atoms with E-state index in [0.29, 0.717) is 6.54 Å². The summed E-state index contributed by atoms with van der Waals surface area (Å²) >= 11 is 1.54. The van der Waals surface area contributed by atoms with Crippen LogP contribution < -0.4 is 10.6 Å². The maximum absolute atomic E-state index is 11.3. The number of aliphatic hydroxyl groups is 1. The molecule has 0 saturated carbocycles. The Morgan fingerprint density at radius 3 is 2.95 bits per heavy atom. The molecule has 1 aromatic heterocycles. The summed E-state index contributed by atoms with van der Waals surface area (Å²) in [5.41, 5.74) is 0. The molecule has 2 aromatic rings. The number of thiophene rings is 1. The van der Waals surface area contributed by atoms with E-state index < -0.39 is 6.10 Å². The monoisotopic (exact) mass is 276 g/mol. The van der Waals surface area contributed by atoms with Crippen LogP contribution in [0.15, 0.2) is 43.0 Å². The van der Waals surface area contributed by atoms with Crippen molar-refractivity contribution < 1.29 is 9.90 Å². The van der Waals surface area contributed by atoms with Crippen LogP contribution in [-0.4, -0.2) is 24.2 Å². The molecule has 19 heavy (non-hydrogen) atoms. The molecule has 0 aliphatic heterocycles. The molecular formula is C14H16N2O2S. The number of hydrogen-bond acceptors (Lipinski definition) is 3. The third kappa shape index (κ3) is 3.56. The lowest BCUT2D eigenvalue weighted by molar-refractivity contribution is 0.176. The van der Waals surface area contributed by atoms with Crippen molar-refractivity contribution in [2.45, 2.75) is 6.10 Å². The van der Waals surface area contributed by atoms with Crippen molar-refractivity contribution in [2.24, 2.45) is 0 Å². The van der Waals surface area contributed by atoms with Gasteiger partial charge in [0.15, 0.2) is 0 Å². The van der Waals surface area contributed by atoms with Crippen LogP contribution >= 0.6 is 11.3 Å². The number of amides is 2. The van der Waals surface area contributed by atoms with Crippen LogP contribution in [0.1, 0.15) is 11.0 Å². The number of fused-ring (bicyclic) bond motifs is 1. The first-order valence-electron chi connectivity index (χ1n) is 6.00. The molecule has 0 fully saturated rings. The maximum atomic E-state index is 11.3. The maximum Gasteiger partial charge on any atom is 0.315 e. The topological polar surface area (TPSA) is 61.4 Å². The van der Waals surface area contributed by atoms with E-state index >= 15 is 0 Å². The number of rotatable bonds is 5. The van der Waals surface area contributed by atoms with Gasteiger partial charge in [-0.15, -0.1) is 17.9 Å². The number of carbonyl (C=O) groups is 1. The predicted octanol–water partition coefficient (Wildman–Crippen LogP) is 2.42. The SMILES string of the molecule is C=CCNC(=O)NCC(O)c1cc2ccccc2s1. The summed E-state index contributed by atoms with van der Waals surface area (Å²) in [6.07, 6.45) is 0.911. The van der Waals surface area contributed by atoms with Gasteiger partial charge in [-0.3, -0.25) is 0 Å². The molecule has 0 radical (unpaired) electrons. The van der Waals surface area contributed by atoms with Crippen molar-refractivity contribution >= 4 is 27.5 Å². The molecule has 100 valence electrons. The summed E-state index contributed by atoms with van der Waals surface area (Å²) in [5, 5.41) is 16.4. The zero-order valence-corrected chi connectivity index (χ0v) is 11.2. The molecule has 0 spiro atoms. The van der Waals surface area contributed by atoms with Crippen molar-refractivity contribution in [3.63, 3.8) is 0 Å². The van der Waals surface area contributed by atoms with Crippen molar-refractivity contribution in [3.05, 3.63) is 47.9 Å². The molecular weight excluding hydrogens is 260 g/mol. The third-order valence-electron chi connectivity index (χ3n) is 2.64. The van der Waals surface area contributed by atoms with Gasteiger partial charge < -0.3 is 15.7 Å². The van der Waals surface area contributed by atoms with Crippen LogP contribution in [0.3, 0.4) is 0 Å². The number of benzene rings is 1. The predicted molar refractivity (Wildman–Crippen MR) is 78.4 cm³/mol. The van der Waals surface area contributed by atoms with E-state index in [0.717, 1.165) is 15.0 Å². The van der Waals surface area contributed by atoms with Gasteiger partial charge in [0.05, 0.1) is 6.54 Å². The first kappa shape index (κ1) is 13.6. The van der Waals surface area contributed by atoms with Gasteiger partial charge in [0, 0.05) is 16.1 Å². The lowest BCUT2D eigenvalue weighted by atomic mass is 10.2. The number of hydrogen-bond donors (Lipinski definition) is 3. The van der Waals surface area contributed by atoms with Crippen molar-refractivity contribution in [3.8, 4) is 0 Å². The van der Waals surface area contributed by atoms with Crippen molar-refractivity contribution in [1.29, 1.82) is 0 Å². The smallest absolute Gasteiger partial charge is 0.315 e. The lowest BCUT2D eigenvalue weighted by Crippen LogP contribution is -2.37. The second-order valence-electron chi connectivity index (χ2n) is 4.08. The van der Waals surface area contributed by atoms with Gasteiger partial charge in [0.1, 0.15) is 6.10 Å². The molecule has 2 amide bonds. The average molecular weight is 276 g/mol. The third-order valence-corrected chi connectivity index (χ3v) is 3.85. The zero-order valence-electron chi connectivity index (χ0n) is 10.4. The van der Waals surface area contributed by atoms with Crippen molar-refractivity contribution in [2.75, 3.05) is 13.1 Å². The summed E-state index contributed by atoms with van der Waals surface area (Å²) in [7, 11) is 0. The summed E-state index contributed by atoms with van der Waals surface area (Å²) in [6.45, 7) is 4.11. The molecule has 1 heterocycles. The van der Waals surface area contributed by atoms with E-state index in [-0.39, 0.29) is 12.6 Å². The summed E-state index contributed by atoms with van der Waals surface area (Å²) in [4.78, 5) is 12.2. The first-order valence-corrected chi connectivity index (χ1v) is 6.81. The number of aliphatic hydroxyl groups excluding tert-OH is 1. The molecule has 2 rings (SSSR count). The van der Waals surface area contributed by atoms with Gasteiger partial charge in [-0.05, 0) is 17.5 Å². The highest BCUT2D eigenvalue weighted by Crippen LogP contribution is 2.29. The Morgan fingerprint density at radius 1 is 1.42 bits per heavy atom. The van der Waals surface area contributed by atoms with Gasteiger partial charge in [0.2, 0.25) is 0 Å². The Bertz CT molecular complexity index is 547. The largest absolute Gasteiger partial charge is 0.386 e. The first-order chi connectivity index (χ1) is 9.20. The molecule has 5 heteroatoms. The Balaban J connectivity index is 1.94. The molecule has 0 saturated heterocycles. The standard InChI is InChI=1S/C14H16N2O2S/c1-2-7-15-14(18)16-9-11(17)13-8-10-5-3-4-6-12(10)19-13/h2-6,8,11,17H,1,7,9H2,(H2,15,16,18). The molecule has 0 aliphatic rings. The summed E-state index contributed by atoms with van der Waals surface area (Å²) < 4.78 is 1.13. The summed E-state index contributed by atoms with van der Waals surface area (Å²) in [6, 6.07) is 9.60. The van der Waals surface area contributed by atoms with Crippen LogP contribution in [0.2, 0.25) is 0 Å². The van der Waals surface area contributed by atoms with Gasteiger partial charge in [-0.25, -0.2) is 4.79 Å². The van der Waals surface area contributed by atoms with E-state index in [1.807, 2.05) is 30.3 Å². The quantitative estimate of drug-likeness (QED) is 0.734. The fourth-order valence-electron chi connectivity index (χ4n) is 1.68. The van der Waals surface area contributed by atoms with E-state index in [1.54, 1.807) is 6.08 Å². The number of nitrogens with one attached hydrogen (secondary N) is 2. The van der Waals surface area contributed by atoms with E-state index in [1.165, 1.54) is 11.3 Å². The second kappa shape index (κ2) is 6.36. The second-order valence-corrected chi connectivity index (χ2v) is 5.20. The van der Waals surface area contributed by atoms with Gasteiger partial charge in [0.25, 0.3) is 0 Å². The minimum atomic E-state index is -0.688. The Hall–Kier alpha value is -1.85. The molecule has 0 bridgehead atoms. The molecule has 0 aliphatic carbocycles. The Kier molecular flexibility index (Phi) is 4.54. The highest BCUT2D eigenvalue weighted by atomic mass is 32.1. The lowest BCUT2D eigenvalue weighted by Gasteiger charge is -2.10. The molecule has 1 aromatic carbocycles. The Morgan fingerprint density at radius 2 is 2.21 bits per heavy atom. The van der Waals surface area contributed by atoms with Crippen LogP contribution in [0, 0.1) is 0 Å². The number of carbonyl (C=O) groups excluding carboxylic acids is 1. The van der Waals surface area contributed by atoms with E-state index in [4.69, 9.17) is 0 Å². The Labute approximate surface area is 115 Å². The minimum Gasteiger partial charge on any atom is -0.386 e. The molecule has 3 N–H and O–H groups in total. The zero-order chi connectivity index (χ0) is 13.7. The van der Waals surface area contributed by atoms with Gasteiger partial charge >= 0.3 is 6.03 Å². The number of urea groups is 1. The van der Waals surface area contributed by atoms with Crippen LogP contribution in [0.5, 0.6) is 0 Å². The molecule has 1 unspecified atom stereocenters. The van der Waals surface area contributed by atoms with Gasteiger partial charge in [-0.1, -0.05) is 24.3 Å². The normalized spacial score (nSPS) is 12.1. The highest BCUT2D eigenvalue weighted by molar-refractivity contribution is 7.19. The van der Waals surface area contributed by atoms with Crippen LogP contribution in [0.4, 0.5) is 4.79 Å².